The van der Waals surface area contributed by atoms with Crippen LogP contribution in [0.15, 0.2) is 90.4 Å². The normalized spacial score (nSPS) is 14.8. The molecule has 0 spiro atoms. The SMILES string of the molecule is CC1=C(C(=O)Nc2ccc(Cl)cc2)[C@@H](c2ccc(OCc3ccccc3Cl)cc2)n2ncnc2N1. The monoisotopic (exact) mass is 505 g/mol. The van der Waals surface area contributed by atoms with Crippen LogP contribution in [-0.4, -0.2) is 20.7 Å². The maximum absolute atomic E-state index is 13.4. The number of nitrogens with zero attached hydrogens (tertiary/aromatic N) is 3. The Balaban J connectivity index is 1.41. The molecule has 0 fully saturated rings. The van der Waals surface area contributed by atoms with Crippen LogP contribution in [0.1, 0.15) is 24.1 Å². The average Bonchev–Trinajstić information content (AvgIpc) is 3.32. The number of hydrogen-bond donors (Lipinski definition) is 2. The topological polar surface area (TPSA) is 81.1 Å². The number of rotatable bonds is 6. The van der Waals surface area contributed by atoms with E-state index in [4.69, 9.17) is 27.9 Å². The second-order valence-corrected chi connectivity index (χ2v) is 8.85. The zero-order valence-corrected chi connectivity index (χ0v) is 20.2. The number of ether oxygens (including phenoxy) is 1. The number of benzene rings is 3. The largest absolute Gasteiger partial charge is 0.489 e. The molecule has 0 unspecified atom stereocenters. The molecular weight excluding hydrogens is 485 g/mol. The molecule has 1 aliphatic rings. The van der Waals surface area contributed by atoms with Gasteiger partial charge in [-0.25, -0.2) is 4.68 Å². The first-order valence-electron chi connectivity index (χ1n) is 10.9. The third kappa shape index (κ3) is 4.87. The molecule has 4 aromatic rings. The van der Waals surface area contributed by atoms with Gasteiger partial charge in [0.05, 0.1) is 5.57 Å². The minimum absolute atomic E-state index is 0.248. The molecule has 7 nitrogen and oxygen atoms in total. The van der Waals surface area contributed by atoms with Crippen LogP contribution in [0, 0.1) is 0 Å². The fourth-order valence-electron chi connectivity index (χ4n) is 3.95. The van der Waals surface area contributed by atoms with Gasteiger partial charge in [-0.15, -0.1) is 0 Å². The average molecular weight is 506 g/mol. The number of halogens is 2. The number of carbonyl (C=O) groups is 1. The van der Waals surface area contributed by atoms with Gasteiger partial charge in [0.1, 0.15) is 24.7 Å². The van der Waals surface area contributed by atoms with E-state index in [1.807, 2.05) is 55.5 Å². The Bertz CT molecular complexity index is 1400. The summed E-state index contributed by atoms with van der Waals surface area (Å²) in [6.45, 7) is 2.20. The second kappa shape index (κ2) is 9.82. The summed E-state index contributed by atoms with van der Waals surface area (Å²) in [5, 5.41) is 11.8. The Morgan fingerprint density at radius 3 is 2.54 bits per heavy atom. The molecule has 1 amide bonds. The van der Waals surface area contributed by atoms with Crippen LogP contribution in [0.25, 0.3) is 0 Å². The molecule has 1 atom stereocenters. The van der Waals surface area contributed by atoms with Gasteiger partial charge in [0.25, 0.3) is 5.91 Å². The van der Waals surface area contributed by atoms with Gasteiger partial charge < -0.3 is 15.4 Å². The van der Waals surface area contributed by atoms with E-state index in [-0.39, 0.29) is 5.91 Å². The van der Waals surface area contributed by atoms with Crippen molar-refractivity contribution in [1.29, 1.82) is 0 Å². The van der Waals surface area contributed by atoms with Gasteiger partial charge in [-0.2, -0.15) is 10.1 Å². The number of fused-ring (bicyclic) bond motifs is 1. The van der Waals surface area contributed by atoms with Crippen molar-refractivity contribution in [3.05, 3.63) is 112 Å². The maximum atomic E-state index is 13.4. The first-order chi connectivity index (χ1) is 17.0. The number of anilines is 2. The number of allylic oxidation sites excluding steroid dienone is 1. The van der Waals surface area contributed by atoms with E-state index < -0.39 is 6.04 Å². The van der Waals surface area contributed by atoms with Gasteiger partial charge in [0, 0.05) is 27.0 Å². The first kappa shape index (κ1) is 23.0. The van der Waals surface area contributed by atoms with Gasteiger partial charge in [-0.3, -0.25) is 4.79 Å². The van der Waals surface area contributed by atoms with Crippen LogP contribution in [0.2, 0.25) is 10.0 Å². The third-order valence-electron chi connectivity index (χ3n) is 5.69. The number of amides is 1. The molecule has 0 aliphatic carbocycles. The molecule has 3 aromatic carbocycles. The van der Waals surface area contributed by atoms with Gasteiger partial charge in [-0.1, -0.05) is 53.5 Å². The Hall–Kier alpha value is -3.81. The molecule has 5 rings (SSSR count). The van der Waals surface area contributed by atoms with Crippen molar-refractivity contribution in [3.8, 4) is 5.75 Å². The summed E-state index contributed by atoms with van der Waals surface area (Å²) < 4.78 is 7.62. The third-order valence-corrected chi connectivity index (χ3v) is 6.31. The molecule has 35 heavy (non-hydrogen) atoms. The van der Waals surface area contributed by atoms with E-state index >= 15 is 0 Å². The van der Waals surface area contributed by atoms with E-state index in [0.717, 1.165) is 11.1 Å². The minimum atomic E-state index is -0.473. The van der Waals surface area contributed by atoms with Crippen molar-refractivity contribution in [3.63, 3.8) is 0 Å². The van der Waals surface area contributed by atoms with E-state index in [1.165, 1.54) is 6.33 Å². The Morgan fingerprint density at radius 1 is 1.06 bits per heavy atom. The number of carbonyl (C=O) groups excluding carboxylic acids is 1. The molecule has 1 aromatic heterocycles. The zero-order valence-electron chi connectivity index (χ0n) is 18.7. The van der Waals surface area contributed by atoms with Crippen LogP contribution in [0.3, 0.4) is 0 Å². The Labute approximate surface area is 212 Å². The summed E-state index contributed by atoms with van der Waals surface area (Å²) in [6.07, 6.45) is 1.46. The lowest BCUT2D eigenvalue weighted by atomic mass is 9.95. The highest BCUT2D eigenvalue weighted by atomic mass is 35.5. The fourth-order valence-corrected chi connectivity index (χ4v) is 4.26. The molecule has 0 bridgehead atoms. The van der Waals surface area contributed by atoms with Gasteiger partial charge in [0.2, 0.25) is 5.95 Å². The molecule has 2 heterocycles. The minimum Gasteiger partial charge on any atom is -0.489 e. The lowest BCUT2D eigenvalue weighted by Gasteiger charge is -2.28. The van der Waals surface area contributed by atoms with Crippen molar-refractivity contribution in [2.24, 2.45) is 0 Å². The van der Waals surface area contributed by atoms with Crippen LogP contribution in [0.5, 0.6) is 5.75 Å². The van der Waals surface area contributed by atoms with E-state index in [9.17, 15) is 4.79 Å². The summed E-state index contributed by atoms with van der Waals surface area (Å²) in [5.41, 5.74) is 3.64. The predicted octanol–water partition coefficient (Wildman–Crippen LogP) is 6.09. The Kier molecular flexibility index (Phi) is 6.44. The standard InChI is InChI=1S/C26H21Cl2N5O2/c1-16-23(25(34)32-20-10-8-19(27)9-11-20)24(33-26(31-16)29-15-30-33)17-6-12-21(13-7-17)35-14-18-4-2-3-5-22(18)28/h2-13,15,24H,14H2,1H3,(H,32,34)(H,29,30,31)/t24-/m1/s1. The van der Waals surface area contributed by atoms with Gasteiger partial charge in [0.15, 0.2) is 0 Å². The molecule has 0 radical (unpaired) electrons. The lowest BCUT2D eigenvalue weighted by molar-refractivity contribution is -0.113. The molecule has 1 aliphatic heterocycles. The van der Waals surface area contributed by atoms with E-state index in [0.29, 0.717) is 45.3 Å². The Morgan fingerprint density at radius 2 is 1.80 bits per heavy atom. The van der Waals surface area contributed by atoms with Gasteiger partial charge >= 0.3 is 0 Å². The smallest absolute Gasteiger partial charge is 0.255 e. The van der Waals surface area contributed by atoms with Crippen molar-refractivity contribution >= 4 is 40.7 Å². The highest BCUT2D eigenvalue weighted by Gasteiger charge is 2.33. The molecule has 176 valence electrons. The van der Waals surface area contributed by atoms with E-state index in [1.54, 1.807) is 28.9 Å². The zero-order chi connectivity index (χ0) is 24.4. The van der Waals surface area contributed by atoms with Crippen LogP contribution in [-0.2, 0) is 11.4 Å². The highest BCUT2D eigenvalue weighted by Crippen LogP contribution is 2.36. The van der Waals surface area contributed by atoms with Gasteiger partial charge in [-0.05, 0) is 55.0 Å². The van der Waals surface area contributed by atoms with Crippen molar-refractivity contribution in [1.82, 2.24) is 14.8 Å². The maximum Gasteiger partial charge on any atom is 0.255 e. The fraction of sp³-hybridized carbons (Fsp3) is 0.115. The quantitative estimate of drug-likeness (QED) is 0.331. The molecule has 2 N–H and O–H groups in total. The summed E-state index contributed by atoms with van der Waals surface area (Å²) in [6, 6.07) is 21.7. The van der Waals surface area contributed by atoms with Crippen molar-refractivity contribution in [2.75, 3.05) is 10.6 Å². The molecule has 0 saturated heterocycles. The van der Waals surface area contributed by atoms with Crippen molar-refractivity contribution < 1.29 is 9.53 Å². The summed E-state index contributed by atoms with van der Waals surface area (Å²) >= 11 is 12.2. The molecule has 0 saturated carbocycles. The van der Waals surface area contributed by atoms with E-state index in [2.05, 4.69) is 20.7 Å². The molecule has 9 heteroatoms. The highest BCUT2D eigenvalue weighted by molar-refractivity contribution is 6.31. The summed E-state index contributed by atoms with van der Waals surface area (Å²) in [7, 11) is 0. The molecular formula is C26H21Cl2N5O2. The summed E-state index contributed by atoms with van der Waals surface area (Å²) in [5.74, 6) is 1.01. The van der Waals surface area contributed by atoms with Crippen LogP contribution in [0.4, 0.5) is 11.6 Å². The van der Waals surface area contributed by atoms with Crippen LogP contribution >= 0.6 is 23.2 Å². The first-order valence-corrected chi connectivity index (χ1v) is 11.7. The number of nitrogens with one attached hydrogen (secondary N) is 2. The van der Waals surface area contributed by atoms with Crippen molar-refractivity contribution in [2.45, 2.75) is 19.6 Å². The number of hydrogen-bond acceptors (Lipinski definition) is 5. The number of aromatic nitrogens is 3. The van der Waals surface area contributed by atoms with Crippen LogP contribution < -0.4 is 15.4 Å². The summed E-state index contributed by atoms with van der Waals surface area (Å²) in [4.78, 5) is 17.7. The lowest BCUT2D eigenvalue weighted by Crippen LogP contribution is -2.31. The predicted molar refractivity (Wildman–Crippen MR) is 137 cm³/mol. The second-order valence-electron chi connectivity index (χ2n) is 8.00.